The van der Waals surface area contributed by atoms with Crippen LogP contribution in [-0.4, -0.2) is 25.4 Å². The van der Waals surface area contributed by atoms with Crippen LogP contribution in [0.2, 0.25) is 0 Å². The van der Waals surface area contributed by atoms with Gasteiger partial charge in [0.1, 0.15) is 0 Å². The molecular weight excluding hydrogens is 164 g/mol. The van der Waals surface area contributed by atoms with Crippen LogP contribution < -0.4 is 0 Å². The van der Waals surface area contributed by atoms with Crippen molar-refractivity contribution in [3.05, 3.63) is 0 Å². The molecule has 76 valence electrons. The topological polar surface area (TPSA) is 25.1 Å². The molecule has 2 nitrogen and oxygen atoms in total. The highest BCUT2D eigenvalue weighted by Gasteiger charge is 2.31. The van der Waals surface area contributed by atoms with Gasteiger partial charge in [-0.15, -0.1) is 0 Å². The lowest BCUT2D eigenvalue weighted by Gasteiger charge is -2.10. The average Bonchev–Trinajstić information content (AvgIpc) is 2.95. The molecule has 0 aromatic rings. The van der Waals surface area contributed by atoms with Crippen LogP contribution in [0.1, 0.15) is 33.1 Å². The van der Waals surface area contributed by atoms with Gasteiger partial charge in [-0.1, -0.05) is 20.3 Å². The van der Waals surface area contributed by atoms with E-state index in [1.54, 1.807) is 0 Å². The van der Waals surface area contributed by atoms with E-state index in [-0.39, 0.29) is 0 Å². The Labute approximate surface area is 80.6 Å². The summed E-state index contributed by atoms with van der Waals surface area (Å²) >= 11 is 0. The molecule has 0 saturated carbocycles. The van der Waals surface area contributed by atoms with Crippen molar-refractivity contribution in [3.63, 3.8) is 0 Å². The number of hydrogen-bond donors (Lipinski definition) is 0. The maximum atomic E-state index is 5.26. The Morgan fingerprint density at radius 2 is 1.38 bits per heavy atom. The van der Waals surface area contributed by atoms with Crippen molar-refractivity contribution in [1.82, 2.24) is 0 Å². The van der Waals surface area contributed by atoms with E-state index in [9.17, 15) is 0 Å². The van der Waals surface area contributed by atoms with E-state index in [0.29, 0.717) is 12.2 Å². The predicted molar refractivity (Wildman–Crippen MR) is 51.7 cm³/mol. The third kappa shape index (κ3) is 2.96. The Morgan fingerprint density at radius 3 is 1.69 bits per heavy atom. The first-order chi connectivity index (χ1) is 6.27. The molecule has 0 amide bonds. The highest BCUT2D eigenvalue weighted by molar-refractivity contribution is 4.78. The van der Waals surface area contributed by atoms with Crippen LogP contribution in [0.3, 0.4) is 0 Å². The monoisotopic (exact) mass is 184 g/mol. The lowest BCUT2D eigenvalue weighted by Crippen LogP contribution is -2.07. The lowest BCUT2D eigenvalue weighted by atomic mass is 9.95. The fraction of sp³-hybridized carbons (Fsp3) is 1.00. The van der Waals surface area contributed by atoms with Gasteiger partial charge >= 0.3 is 0 Å². The second kappa shape index (κ2) is 3.97. The molecule has 0 bridgehead atoms. The summed E-state index contributed by atoms with van der Waals surface area (Å²) in [6.07, 6.45) is 5.16. The Balaban J connectivity index is 1.51. The minimum Gasteiger partial charge on any atom is -0.373 e. The van der Waals surface area contributed by atoms with Crippen LogP contribution >= 0.6 is 0 Å². The van der Waals surface area contributed by atoms with E-state index in [0.717, 1.165) is 25.0 Å². The molecule has 0 aromatic heterocycles. The summed E-state index contributed by atoms with van der Waals surface area (Å²) in [6, 6.07) is 0. The first-order valence-corrected chi connectivity index (χ1v) is 5.50. The van der Waals surface area contributed by atoms with Gasteiger partial charge in [0.25, 0.3) is 0 Å². The summed E-state index contributed by atoms with van der Waals surface area (Å²) in [5.74, 6) is 1.54. The maximum Gasteiger partial charge on any atom is 0.0835 e. The van der Waals surface area contributed by atoms with Gasteiger partial charge in [-0.25, -0.2) is 0 Å². The fourth-order valence-electron chi connectivity index (χ4n) is 1.90. The number of hydrogen-bond acceptors (Lipinski definition) is 2. The minimum absolute atomic E-state index is 0.590. The number of ether oxygens (including phenoxy) is 2. The van der Waals surface area contributed by atoms with Crippen molar-refractivity contribution in [1.29, 1.82) is 0 Å². The summed E-state index contributed by atoms with van der Waals surface area (Å²) in [5.41, 5.74) is 0. The largest absolute Gasteiger partial charge is 0.373 e. The summed E-state index contributed by atoms with van der Waals surface area (Å²) < 4.78 is 10.5. The second-order valence-corrected chi connectivity index (χ2v) is 4.63. The molecule has 4 atom stereocenters. The zero-order valence-electron chi connectivity index (χ0n) is 8.66. The quantitative estimate of drug-likeness (QED) is 0.591. The molecule has 4 unspecified atom stereocenters. The molecule has 2 saturated heterocycles. The molecule has 2 heterocycles. The van der Waals surface area contributed by atoms with Crippen molar-refractivity contribution in [2.45, 2.75) is 45.3 Å². The molecule has 0 aromatic carbocycles. The van der Waals surface area contributed by atoms with Gasteiger partial charge < -0.3 is 9.47 Å². The Bertz CT molecular complexity index is 143. The van der Waals surface area contributed by atoms with Crippen LogP contribution in [0.4, 0.5) is 0 Å². The number of rotatable bonds is 6. The fourth-order valence-corrected chi connectivity index (χ4v) is 1.90. The van der Waals surface area contributed by atoms with E-state index >= 15 is 0 Å². The summed E-state index contributed by atoms with van der Waals surface area (Å²) in [4.78, 5) is 0. The van der Waals surface area contributed by atoms with Crippen molar-refractivity contribution in [2.75, 3.05) is 13.2 Å². The summed E-state index contributed by atoms with van der Waals surface area (Å²) in [7, 11) is 0. The van der Waals surface area contributed by atoms with Crippen molar-refractivity contribution in [2.24, 2.45) is 11.8 Å². The average molecular weight is 184 g/mol. The first-order valence-electron chi connectivity index (χ1n) is 5.50. The Hall–Kier alpha value is -0.0800. The third-order valence-corrected chi connectivity index (χ3v) is 3.31. The molecule has 0 aliphatic carbocycles. The van der Waals surface area contributed by atoms with Gasteiger partial charge in [-0.05, 0) is 24.7 Å². The van der Waals surface area contributed by atoms with E-state index in [4.69, 9.17) is 9.47 Å². The van der Waals surface area contributed by atoms with Crippen molar-refractivity contribution >= 4 is 0 Å². The maximum absolute atomic E-state index is 5.26. The molecule has 2 aliphatic rings. The molecule has 13 heavy (non-hydrogen) atoms. The van der Waals surface area contributed by atoms with Crippen molar-refractivity contribution < 1.29 is 9.47 Å². The smallest absolute Gasteiger partial charge is 0.0835 e. The molecule has 2 heteroatoms. The zero-order chi connectivity index (χ0) is 9.26. The minimum atomic E-state index is 0.590. The second-order valence-electron chi connectivity index (χ2n) is 4.63. The van der Waals surface area contributed by atoms with Gasteiger partial charge in [0.2, 0.25) is 0 Å². The van der Waals surface area contributed by atoms with Gasteiger partial charge in [0, 0.05) is 0 Å². The van der Waals surface area contributed by atoms with Crippen LogP contribution in [0.5, 0.6) is 0 Å². The van der Waals surface area contributed by atoms with Gasteiger partial charge in [-0.2, -0.15) is 0 Å². The molecule has 0 radical (unpaired) electrons. The Kier molecular flexibility index (Phi) is 2.89. The molecule has 0 N–H and O–H groups in total. The molecule has 0 spiro atoms. The third-order valence-electron chi connectivity index (χ3n) is 3.31. The van der Waals surface area contributed by atoms with Crippen LogP contribution in [0, 0.1) is 11.8 Å². The van der Waals surface area contributed by atoms with E-state index < -0.39 is 0 Å². The number of epoxide rings is 2. The van der Waals surface area contributed by atoms with Crippen LogP contribution in [-0.2, 0) is 9.47 Å². The SMILES string of the molecule is CC(CCCC(C)C1CO1)C1CO1. The first kappa shape index (κ1) is 9.47. The van der Waals surface area contributed by atoms with Gasteiger partial charge in [0.05, 0.1) is 25.4 Å². The summed E-state index contributed by atoms with van der Waals surface area (Å²) in [6.45, 7) is 6.61. The Morgan fingerprint density at radius 1 is 1.00 bits per heavy atom. The van der Waals surface area contributed by atoms with Crippen molar-refractivity contribution in [3.8, 4) is 0 Å². The van der Waals surface area contributed by atoms with Gasteiger partial charge in [-0.3, -0.25) is 0 Å². The lowest BCUT2D eigenvalue weighted by molar-refractivity contribution is 0.299. The van der Waals surface area contributed by atoms with E-state index in [2.05, 4.69) is 13.8 Å². The molecule has 2 rings (SSSR count). The van der Waals surface area contributed by atoms with Gasteiger partial charge in [0.15, 0.2) is 0 Å². The molecule has 2 aliphatic heterocycles. The van der Waals surface area contributed by atoms with Crippen LogP contribution in [0.25, 0.3) is 0 Å². The van der Waals surface area contributed by atoms with E-state index in [1.807, 2.05) is 0 Å². The highest BCUT2D eigenvalue weighted by Crippen LogP contribution is 2.28. The zero-order valence-corrected chi connectivity index (χ0v) is 8.66. The standard InChI is InChI=1S/C11H20O2/c1-8(10-6-12-10)4-3-5-9(2)11-7-13-11/h8-11H,3-7H2,1-2H3. The normalized spacial score (nSPS) is 35.5. The van der Waals surface area contributed by atoms with Crippen LogP contribution in [0.15, 0.2) is 0 Å². The summed E-state index contributed by atoms with van der Waals surface area (Å²) in [5, 5.41) is 0. The predicted octanol–water partition coefficient (Wildman–Crippen LogP) is 2.23. The molecule has 2 fully saturated rings. The van der Waals surface area contributed by atoms with E-state index in [1.165, 1.54) is 19.3 Å². The highest BCUT2D eigenvalue weighted by atomic mass is 16.6. The molecular formula is C11H20O2.